The van der Waals surface area contributed by atoms with E-state index in [-0.39, 0.29) is 3.23 Å². The van der Waals surface area contributed by atoms with Crippen molar-refractivity contribution in [3.05, 3.63) is 0 Å². The van der Waals surface area contributed by atoms with Crippen molar-refractivity contribution in [2.75, 3.05) is 0 Å². The molecule has 3 fully saturated rings. The summed E-state index contributed by atoms with van der Waals surface area (Å²) in [6.45, 7) is 0. The van der Waals surface area contributed by atoms with Crippen LogP contribution in [-0.2, 0) is 0 Å². The zero-order chi connectivity index (χ0) is 12.6. The predicted octanol–water partition coefficient (Wildman–Crippen LogP) is 6.10. The lowest BCUT2D eigenvalue weighted by atomic mass is 9.71. The maximum atomic E-state index is 4.00. The van der Waals surface area contributed by atoms with Gasteiger partial charge in [0.25, 0.3) is 0 Å². The Labute approximate surface area is 153 Å². The molecule has 98 valence electrons. The van der Waals surface area contributed by atoms with Gasteiger partial charge in [0.2, 0.25) is 0 Å². The summed E-state index contributed by atoms with van der Waals surface area (Å²) in [6.07, 6.45) is 4.95. The number of hydrogen-bond donors (Lipinski definition) is 0. The average Bonchev–Trinajstić information content (AvgIpc) is 2.60. The van der Waals surface area contributed by atoms with Crippen LogP contribution in [0.3, 0.4) is 0 Å². The third kappa shape index (κ3) is 1.72. The lowest BCUT2D eigenvalue weighted by Gasteiger charge is -2.42. The van der Waals surface area contributed by atoms with E-state index in [1.807, 2.05) is 0 Å². The standard InChI is InChI=1S/C11H12Br6/c12-5-1-9-2-7(14)8(15)4-10(9,3-6(5)13)11(9,16)17/h5-8H,1-4H2/t5-,6+,7+,8?,9?,10?/m0/s1. The largest absolute Gasteiger partial charge is 0.0931 e. The van der Waals surface area contributed by atoms with Crippen molar-refractivity contribution in [3.8, 4) is 0 Å². The van der Waals surface area contributed by atoms with Gasteiger partial charge in [-0.05, 0) is 25.7 Å². The minimum Gasteiger partial charge on any atom is -0.0878 e. The Morgan fingerprint density at radius 2 is 0.824 bits per heavy atom. The fourth-order valence-corrected chi connectivity index (χ4v) is 9.62. The van der Waals surface area contributed by atoms with Gasteiger partial charge in [-0.25, -0.2) is 0 Å². The topological polar surface area (TPSA) is 0 Å². The number of alkyl halides is 6. The summed E-state index contributed by atoms with van der Waals surface area (Å²) >= 11 is 23.4. The van der Waals surface area contributed by atoms with Crippen molar-refractivity contribution < 1.29 is 0 Å². The molecule has 0 amide bonds. The Morgan fingerprint density at radius 3 is 1.06 bits per heavy atom. The Kier molecular flexibility index (Phi) is 3.86. The molecule has 0 bridgehead atoms. The monoisotopic (exact) mass is 618 g/mol. The number of hydrogen-bond acceptors (Lipinski definition) is 0. The van der Waals surface area contributed by atoms with Crippen molar-refractivity contribution in [3.63, 3.8) is 0 Å². The molecular weight excluding hydrogens is 612 g/mol. The van der Waals surface area contributed by atoms with E-state index in [1.54, 1.807) is 0 Å². The van der Waals surface area contributed by atoms with Gasteiger partial charge in [-0.3, -0.25) is 0 Å². The Hall–Kier alpha value is 2.88. The molecule has 0 aromatic heterocycles. The highest BCUT2D eigenvalue weighted by molar-refractivity contribution is 9.25. The Balaban J connectivity index is 2.00. The predicted molar refractivity (Wildman–Crippen MR) is 94.8 cm³/mol. The van der Waals surface area contributed by atoms with E-state index >= 15 is 0 Å². The summed E-state index contributed by atoms with van der Waals surface area (Å²) in [4.78, 5) is 2.33. The second kappa shape index (κ2) is 4.44. The van der Waals surface area contributed by atoms with Crippen LogP contribution in [-0.4, -0.2) is 22.5 Å². The van der Waals surface area contributed by atoms with Gasteiger partial charge in [0.1, 0.15) is 0 Å². The summed E-state index contributed by atoms with van der Waals surface area (Å²) in [5.41, 5.74) is 0.799. The Morgan fingerprint density at radius 1 is 0.588 bits per heavy atom. The molecule has 6 heteroatoms. The Bertz CT molecular complexity index is 302. The highest BCUT2D eigenvalue weighted by Crippen LogP contribution is 2.90. The fourth-order valence-electron chi connectivity index (χ4n) is 4.05. The summed E-state index contributed by atoms with van der Waals surface area (Å²) in [6, 6.07) is 0. The van der Waals surface area contributed by atoms with E-state index in [4.69, 9.17) is 0 Å². The van der Waals surface area contributed by atoms with Gasteiger partial charge in [0, 0.05) is 30.1 Å². The molecule has 3 aliphatic carbocycles. The fraction of sp³-hybridized carbons (Fsp3) is 1.00. The van der Waals surface area contributed by atoms with Crippen molar-refractivity contribution in [1.29, 1.82) is 0 Å². The van der Waals surface area contributed by atoms with Crippen molar-refractivity contribution in [2.45, 2.75) is 48.2 Å². The minimum absolute atomic E-state index is 0.128. The molecule has 0 nitrogen and oxygen atoms in total. The van der Waals surface area contributed by atoms with Gasteiger partial charge in [-0.15, -0.1) is 0 Å². The third-order valence-corrected chi connectivity index (χ3v) is 13.3. The van der Waals surface area contributed by atoms with Gasteiger partial charge < -0.3 is 0 Å². The highest BCUT2D eigenvalue weighted by atomic mass is 79.9. The smallest absolute Gasteiger partial charge is 0.0878 e. The second-order valence-corrected chi connectivity index (χ2v) is 13.8. The van der Waals surface area contributed by atoms with Crippen LogP contribution in [0.2, 0.25) is 0 Å². The summed E-state index contributed by atoms with van der Waals surface area (Å²) in [5, 5.41) is 0. The summed E-state index contributed by atoms with van der Waals surface area (Å²) in [5.74, 6) is 0. The molecule has 0 N–H and O–H groups in total. The van der Waals surface area contributed by atoms with Gasteiger partial charge in [0.05, 0.1) is 3.23 Å². The first-order chi connectivity index (χ1) is 7.77. The van der Waals surface area contributed by atoms with E-state index in [0.29, 0.717) is 30.1 Å². The number of halogens is 6. The van der Waals surface area contributed by atoms with Crippen LogP contribution in [0.5, 0.6) is 0 Å². The third-order valence-electron chi connectivity index (χ3n) is 5.01. The summed E-state index contributed by atoms with van der Waals surface area (Å²) in [7, 11) is 0. The molecule has 3 unspecified atom stereocenters. The molecule has 3 rings (SSSR count). The van der Waals surface area contributed by atoms with Crippen LogP contribution in [0.25, 0.3) is 0 Å². The highest BCUT2D eigenvalue weighted by Gasteiger charge is 2.87. The lowest BCUT2D eigenvalue weighted by molar-refractivity contribution is 0.192. The van der Waals surface area contributed by atoms with Crippen LogP contribution < -0.4 is 0 Å². The van der Waals surface area contributed by atoms with Gasteiger partial charge in [0.15, 0.2) is 0 Å². The maximum absolute atomic E-state index is 4.00. The zero-order valence-corrected chi connectivity index (χ0v) is 18.4. The van der Waals surface area contributed by atoms with Crippen LogP contribution in [0.4, 0.5) is 0 Å². The molecule has 0 aliphatic heterocycles. The number of rotatable bonds is 0. The molecule has 3 saturated carbocycles. The first-order valence-corrected chi connectivity index (χ1v) is 11.0. The molecule has 0 radical (unpaired) electrons. The van der Waals surface area contributed by atoms with E-state index < -0.39 is 0 Å². The van der Waals surface area contributed by atoms with Gasteiger partial charge in [-0.2, -0.15) is 0 Å². The SMILES string of the molecule is BrC1CC23C[C@@H](Br)[C@@H](Br)CC2(C[C@H]1Br)C3(Br)Br. The van der Waals surface area contributed by atoms with E-state index in [2.05, 4.69) is 95.6 Å². The quantitative estimate of drug-likeness (QED) is 0.286. The van der Waals surface area contributed by atoms with Crippen LogP contribution in [0.1, 0.15) is 25.7 Å². The zero-order valence-electron chi connectivity index (χ0n) is 8.91. The average molecular weight is 624 g/mol. The molecule has 6 atom stereocenters. The molecule has 0 saturated heterocycles. The van der Waals surface area contributed by atoms with Gasteiger partial charge >= 0.3 is 0 Å². The van der Waals surface area contributed by atoms with E-state index in [1.165, 1.54) is 25.7 Å². The van der Waals surface area contributed by atoms with Crippen molar-refractivity contribution in [1.82, 2.24) is 0 Å². The van der Waals surface area contributed by atoms with Gasteiger partial charge in [-0.1, -0.05) is 95.6 Å². The molecule has 0 aromatic rings. The van der Waals surface area contributed by atoms with E-state index in [9.17, 15) is 0 Å². The molecule has 0 heterocycles. The van der Waals surface area contributed by atoms with E-state index in [0.717, 1.165) is 0 Å². The molecule has 3 aliphatic rings. The maximum Gasteiger partial charge on any atom is 0.0931 e. The molecule has 0 aromatic carbocycles. The van der Waals surface area contributed by atoms with Crippen LogP contribution in [0, 0.1) is 10.8 Å². The van der Waals surface area contributed by atoms with Crippen molar-refractivity contribution >= 4 is 95.6 Å². The van der Waals surface area contributed by atoms with Crippen molar-refractivity contribution in [2.24, 2.45) is 10.8 Å². The molecular formula is C11H12Br6. The first kappa shape index (κ1) is 14.8. The lowest BCUT2D eigenvalue weighted by Crippen LogP contribution is -2.40. The molecule has 0 spiro atoms. The second-order valence-electron chi connectivity index (χ2n) is 5.62. The van der Waals surface area contributed by atoms with Crippen LogP contribution >= 0.6 is 95.6 Å². The minimum atomic E-state index is 0.128. The summed E-state index contributed by atoms with van der Waals surface area (Å²) < 4.78 is 0.128. The first-order valence-electron chi connectivity index (χ1n) is 5.71. The van der Waals surface area contributed by atoms with Crippen LogP contribution in [0.15, 0.2) is 0 Å². The molecule has 17 heavy (non-hydrogen) atoms. The normalized spacial score (nSPS) is 60.4.